The van der Waals surface area contributed by atoms with E-state index in [2.05, 4.69) is 31.2 Å². The number of benzene rings is 1. The van der Waals surface area contributed by atoms with Gasteiger partial charge in [-0.25, -0.2) is 0 Å². The predicted molar refractivity (Wildman–Crippen MR) is 67.6 cm³/mol. The molecule has 0 bridgehead atoms. The molecule has 0 fully saturated rings. The molecule has 1 aromatic carbocycles. The molecule has 1 aromatic rings. The average molecular weight is 239 g/mol. The van der Waals surface area contributed by atoms with Crippen molar-refractivity contribution >= 4 is 17.7 Å². The molecule has 0 amide bonds. The molecule has 0 aliphatic carbocycles. The van der Waals surface area contributed by atoms with E-state index in [1.165, 1.54) is 11.1 Å². The van der Waals surface area contributed by atoms with Gasteiger partial charge in [0.25, 0.3) is 0 Å². The van der Waals surface area contributed by atoms with Crippen molar-refractivity contribution in [2.45, 2.75) is 25.1 Å². The third kappa shape index (κ3) is 4.24. The Kier molecular flexibility index (Phi) is 5.35. The van der Waals surface area contributed by atoms with E-state index in [9.17, 15) is 4.79 Å². The second-order valence-electron chi connectivity index (χ2n) is 3.63. The lowest BCUT2D eigenvalue weighted by Gasteiger charge is -2.06. The van der Waals surface area contributed by atoms with Crippen LogP contribution in [-0.2, 0) is 17.0 Å². The minimum absolute atomic E-state index is 0.449. The number of rotatable bonds is 6. The molecule has 1 unspecified atom stereocenters. The molecule has 3 nitrogen and oxygen atoms in total. The maximum absolute atomic E-state index is 10.5. The Morgan fingerprint density at radius 3 is 2.44 bits per heavy atom. The standard InChI is InChI=1S/C12H17NO2S/c1-2-9-3-5-10(6-4-9)7-16-8-11(13)12(14)15/h3-6,11H,2,7-8,13H2,1H3,(H,14,15). The number of hydrogen-bond acceptors (Lipinski definition) is 3. The highest BCUT2D eigenvalue weighted by molar-refractivity contribution is 7.98. The SMILES string of the molecule is CCc1ccc(CSCC(N)C(=O)O)cc1. The van der Waals surface area contributed by atoms with Crippen molar-refractivity contribution in [2.75, 3.05) is 5.75 Å². The van der Waals surface area contributed by atoms with Crippen molar-refractivity contribution in [1.82, 2.24) is 0 Å². The van der Waals surface area contributed by atoms with Crippen LogP contribution >= 0.6 is 11.8 Å². The van der Waals surface area contributed by atoms with Crippen molar-refractivity contribution in [3.63, 3.8) is 0 Å². The second-order valence-corrected chi connectivity index (χ2v) is 4.66. The van der Waals surface area contributed by atoms with Gasteiger partial charge in [0, 0.05) is 11.5 Å². The van der Waals surface area contributed by atoms with Gasteiger partial charge in [-0.3, -0.25) is 4.79 Å². The minimum Gasteiger partial charge on any atom is -0.480 e. The predicted octanol–water partition coefficient (Wildman–Crippen LogP) is 1.89. The zero-order valence-corrected chi connectivity index (χ0v) is 10.2. The molecule has 0 aromatic heterocycles. The summed E-state index contributed by atoms with van der Waals surface area (Å²) in [5.74, 6) is 0.323. The van der Waals surface area contributed by atoms with Crippen LogP contribution in [0.5, 0.6) is 0 Å². The molecule has 88 valence electrons. The number of carboxylic acids is 1. The van der Waals surface area contributed by atoms with E-state index in [4.69, 9.17) is 10.8 Å². The number of nitrogens with two attached hydrogens (primary N) is 1. The third-order valence-electron chi connectivity index (χ3n) is 2.31. The maximum atomic E-state index is 10.5. The molecular formula is C12H17NO2S. The Morgan fingerprint density at radius 2 is 1.94 bits per heavy atom. The molecular weight excluding hydrogens is 222 g/mol. The lowest BCUT2D eigenvalue weighted by atomic mass is 10.1. The zero-order valence-electron chi connectivity index (χ0n) is 9.35. The van der Waals surface area contributed by atoms with Crippen molar-refractivity contribution in [1.29, 1.82) is 0 Å². The second kappa shape index (κ2) is 6.55. The molecule has 0 radical (unpaired) electrons. The molecule has 0 saturated heterocycles. The van der Waals surface area contributed by atoms with Crippen LogP contribution in [0.25, 0.3) is 0 Å². The normalized spacial score (nSPS) is 12.4. The van der Waals surface area contributed by atoms with Gasteiger partial charge in [0.05, 0.1) is 0 Å². The van der Waals surface area contributed by atoms with Crippen LogP contribution in [0.15, 0.2) is 24.3 Å². The van der Waals surface area contributed by atoms with E-state index < -0.39 is 12.0 Å². The molecule has 1 atom stereocenters. The van der Waals surface area contributed by atoms with E-state index in [-0.39, 0.29) is 0 Å². The molecule has 0 saturated carbocycles. The number of hydrogen-bond donors (Lipinski definition) is 2. The lowest BCUT2D eigenvalue weighted by molar-refractivity contribution is -0.137. The Morgan fingerprint density at radius 1 is 1.38 bits per heavy atom. The zero-order chi connectivity index (χ0) is 12.0. The highest BCUT2D eigenvalue weighted by atomic mass is 32.2. The molecule has 0 spiro atoms. The fourth-order valence-corrected chi connectivity index (χ4v) is 2.19. The first kappa shape index (κ1) is 13.1. The first-order valence-corrected chi connectivity index (χ1v) is 6.43. The quantitative estimate of drug-likeness (QED) is 0.795. The van der Waals surface area contributed by atoms with E-state index in [0.717, 1.165) is 12.2 Å². The minimum atomic E-state index is -0.936. The van der Waals surface area contributed by atoms with Gasteiger partial charge >= 0.3 is 5.97 Å². The van der Waals surface area contributed by atoms with Gasteiger partial charge in [-0.1, -0.05) is 31.2 Å². The van der Waals surface area contributed by atoms with E-state index in [1.54, 1.807) is 11.8 Å². The monoisotopic (exact) mass is 239 g/mol. The van der Waals surface area contributed by atoms with E-state index >= 15 is 0 Å². The number of aryl methyl sites for hydroxylation is 1. The Hall–Kier alpha value is -1.00. The molecule has 0 aliphatic rings. The van der Waals surface area contributed by atoms with Crippen molar-refractivity contribution in [2.24, 2.45) is 5.73 Å². The maximum Gasteiger partial charge on any atom is 0.321 e. The lowest BCUT2D eigenvalue weighted by Crippen LogP contribution is -2.32. The number of thioether (sulfide) groups is 1. The molecule has 0 aliphatic heterocycles. The molecule has 0 heterocycles. The summed E-state index contributed by atoms with van der Waals surface area (Å²) in [4.78, 5) is 10.5. The van der Waals surface area contributed by atoms with Crippen LogP contribution in [0.1, 0.15) is 18.1 Å². The summed E-state index contributed by atoms with van der Waals surface area (Å²) >= 11 is 1.55. The highest BCUT2D eigenvalue weighted by Gasteiger charge is 2.10. The van der Waals surface area contributed by atoms with Crippen molar-refractivity contribution in [3.05, 3.63) is 35.4 Å². The van der Waals surface area contributed by atoms with Crippen molar-refractivity contribution in [3.8, 4) is 0 Å². The number of carbonyl (C=O) groups is 1. The Bertz CT molecular complexity index is 337. The van der Waals surface area contributed by atoms with E-state index in [0.29, 0.717) is 5.75 Å². The Labute approximate surface area is 100 Å². The topological polar surface area (TPSA) is 63.3 Å². The van der Waals surface area contributed by atoms with Crippen LogP contribution in [0.3, 0.4) is 0 Å². The van der Waals surface area contributed by atoms with Crippen LogP contribution < -0.4 is 5.73 Å². The van der Waals surface area contributed by atoms with Gasteiger partial charge in [0.15, 0.2) is 0 Å². The van der Waals surface area contributed by atoms with Crippen LogP contribution in [0, 0.1) is 0 Å². The summed E-state index contributed by atoms with van der Waals surface area (Å²) in [5, 5.41) is 8.61. The van der Waals surface area contributed by atoms with Gasteiger partial charge in [-0.05, 0) is 17.5 Å². The van der Waals surface area contributed by atoms with Crippen LogP contribution in [-0.4, -0.2) is 22.9 Å². The fourth-order valence-electron chi connectivity index (χ4n) is 1.25. The first-order valence-electron chi connectivity index (χ1n) is 5.27. The summed E-state index contributed by atoms with van der Waals surface area (Å²) in [6, 6.07) is 7.61. The fraction of sp³-hybridized carbons (Fsp3) is 0.417. The number of carboxylic acid groups (broad SMARTS) is 1. The van der Waals surface area contributed by atoms with Crippen LogP contribution in [0.2, 0.25) is 0 Å². The van der Waals surface area contributed by atoms with Gasteiger partial charge in [-0.15, -0.1) is 0 Å². The molecule has 16 heavy (non-hydrogen) atoms. The van der Waals surface area contributed by atoms with Crippen molar-refractivity contribution < 1.29 is 9.90 Å². The summed E-state index contributed by atoms with van der Waals surface area (Å²) in [6.07, 6.45) is 1.04. The molecule has 3 N–H and O–H groups in total. The average Bonchev–Trinajstić information content (AvgIpc) is 2.29. The molecule has 4 heteroatoms. The highest BCUT2D eigenvalue weighted by Crippen LogP contribution is 2.14. The summed E-state index contributed by atoms with van der Waals surface area (Å²) in [5.41, 5.74) is 7.93. The number of aliphatic carboxylic acids is 1. The molecule has 1 rings (SSSR count). The first-order chi connectivity index (χ1) is 7.63. The van der Waals surface area contributed by atoms with E-state index in [1.807, 2.05) is 0 Å². The summed E-state index contributed by atoms with van der Waals surface area (Å²) in [6.45, 7) is 2.12. The summed E-state index contributed by atoms with van der Waals surface area (Å²) in [7, 11) is 0. The van der Waals surface area contributed by atoms with Gasteiger partial charge in [-0.2, -0.15) is 11.8 Å². The van der Waals surface area contributed by atoms with Crippen LogP contribution in [0.4, 0.5) is 0 Å². The van der Waals surface area contributed by atoms with Gasteiger partial charge in [0.1, 0.15) is 6.04 Å². The summed E-state index contributed by atoms with van der Waals surface area (Å²) < 4.78 is 0. The van der Waals surface area contributed by atoms with Gasteiger partial charge < -0.3 is 10.8 Å². The Balaban J connectivity index is 2.34. The third-order valence-corrected chi connectivity index (χ3v) is 3.45. The van der Waals surface area contributed by atoms with Gasteiger partial charge in [0.2, 0.25) is 0 Å². The largest absolute Gasteiger partial charge is 0.480 e. The smallest absolute Gasteiger partial charge is 0.321 e.